The van der Waals surface area contributed by atoms with Crippen LogP contribution in [0.3, 0.4) is 0 Å². The number of hydrogen-bond acceptors (Lipinski definition) is 5. The number of carbonyl (C=O) groups excluding carboxylic acids is 1. The highest BCUT2D eigenvalue weighted by Crippen LogP contribution is 2.22. The molecule has 0 unspecified atom stereocenters. The molecule has 0 aliphatic carbocycles. The summed E-state index contributed by atoms with van der Waals surface area (Å²) < 4.78 is 24.9. The van der Waals surface area contributed by atoms with E-state index in [-0.39, 0.29) is 23.0 Å². The molecule has 2 aromatic rings. The number of nitrogens with one attached hydrogen (secondary N) is 1. The van der Waals surface area contributed by atoms with E-state index in [1.807, 2.05) is 37.7 Å². The molecule has 29 heavy (non-hydrogen) atoms. The van der Waals surface area contributed by atoms with Crippen LogP contribution in [0.25, 0.3) is 0 Å². The topological polar surface area (TPSA) is 66.5 Å². The lowest BCUT2D eigenvalue weighted by atomic mass is 10.1. The summed E-state index contributed by atoms with van der Waals surface area (Å²) in [5.41, 5.74) is 3.99. The third-order valence-corrected chi connectivity index (χ3v) is 7.87. The Morgan fingerprint density at radius 3 is 2.45 bits per heavy atom. The summed E-state index contributed by atoms with van der Waals surface area (Å²) in [5, 5.41) is 2.89. The summed E-state index contributed by atoms with van der Waals surface area (Å²) in [7, 11) is -3.47. The van der Waals surface area contributed by atoms with Crippen molar-refractivity contribution >= 4 is 33.2 Å². The largest absolute Gasteiger partial charge is 0.326 e. The number of nitrogens with zero attached hydrogens (tertiary/aromatic N) is 1. The third-order valence-electron chi connectivity index (χ3n) is 5.20. The first-order chi connectivity index (χ1) is 13.8. The van der Waals surface area contributed by atoms with Gasteiger partial charge in [-0.15, -0.1) is 0 Å². The van der Waals surface area contributed by atoms with Gasteiger partial charge >= 0.3 is 0 Å². The average molecular weight is 433 g/mol. The quantitative estimate of drug-likeness (QED) is 0.723. The molecule has 0 spiro atoms. The van der Waals surface area contributed by atoms with Crippen molar-refractivity contribution in [2.45, 2.75) is 31.7 Å². The zero-order valence-electron chi connectivity index (χ0n) is 17.0. The molecule has 1 saturated heterocycles. The van der Waals surface area contributed by atoms with Crippen molar-refractivity contribution < 1.29 is 13.2 Å². The lowest BCUT2D eigenvalue weighted by molar-refractivity contribution is -0.115. The number of aryl methyl sites for hydroxylation is 1. The second-order valence-electron chi connectivity index (χ2n) is 7.41. The molecule has 1 aliphatic heterocycles. The van der Waals surface area contributed by atoms with E-state index in [1.54, 1.807) is 24.3 Å². The molecule has 0 bridgehead atoms. The molecule has 1 aliphatic rings. The van der Waals surface area contributed by atoms with Gasteiger partial charge in [-0.05, 0) is 43.2 Å². The summed E-state index contributed by atoms with van der Waals surface area (Å²) in [5.74, 6) is 1.83. The number of rotatable bonds is 7. The van der Waals surface area contributed by atoms with Gasteiger partial charge in [-0.2, -0.15) is 11.8 Å². The Morgan fingerprint density at radius 1 is 1.07 bits per heavy atom. The molecule has 7 heteroatoms. The molecule has 156 valence electrons. The van der Waals surface area contributed by atoms with Gasteiger partial charge in [-0.25, -0.2) is 8.42 Å². The lowest BCUT2D eigenvalue weighted by Crippen LogP contribution is -2.32. The van der Waals surface area contributed by atoms with Crippen molar-refractivity contribution in [2.75, 3.05) is 35.7 Å². The Bertz CT molecular complexity index is 951. The van der Waals surface area contributed by atoms with Crippen molar-refractivity contribution in [1.82, 2.24) is 4.90 Å². The van der Waals surface area contributed by atoms with Crippen LogP contribution in [0.5, 0.6) is 0 Å². The van der Waals surface area contributed by atoms with E-state index in [2.05, 4.69) is 16.3 Å². The fourth-order valence-electron chi connectivity index (χ4n) is 3.29. The molecule has 0 saturated carbocycles. The Morgan fingerprint density at radius 2 is 1.76 bits per heavy atom. The Labute approximate surface area is 177 Å². The minimum atomic E-state index is -3.47. The molecule has 0 aromatic heterocycles. The molecule has 3 rings (SSSR count). The standard InChI is InChI=1S/C22H28N2O3S2/c1-17-6-8-20(9-7-17)29(26,27)15-10-22(25)23-21-5-3-4-19(18(21)2)16-24-11-13-28-14-12-24/h3-9H,10-16H2,1-2H3,(H,23,25). The lowest BCUT2D eigenvalue weighted by Gasteiger charge is -2.27. The first-order valence-electron chi connectivity index (χ1n) is 9.83. The molecule has 5 nitrogen and oxygen atoms in total. The van der Waals surface area contributed by atoms with E-state index < -0.39 is 9.84 Å². The number of carbonyl (C=O) groups is 1. The Hall–Kier alpha value is -1.83. The van der Waals surface area contributed by atoms with Gasteiger partial charge in [0.15, 0.2) is 9.84 Å². The van der Waals surface area contributed by atoms with Crippen LogP contribution >= 0.6 is 11.8 Å². The summed E-state index contributed by atoms with van der Waals surface area (Å²) in [6.07, 6.45) is -0.0662. The zero-order chi connectivity index (χ0) is 20.9. The van der Waals surface area contributed by atoms with Crippen LogP contribution in [0.4, 0.5) is 5.69 Å². The normalized spacial score (nSPS) is 15.2. The first kappa shape index (κ1) is 21.9. The minimum absolute atomic E-state index is 0.0662. The number of thioether (sulfide) groups is 1. The second-order valence-corrected chi connectivity index (χ2v) is 10.7. The molecular formula is C22H28N2O3S2. The van der Waals surface area contributed by atoms with E-state index in [9.17, 15) is 13.2 Å². The molecular weight excluding hydrogens is 404 g/mol. The van der Waals surface area contributed by atoms with Crippen molar-refractivity contribution in [2.24, 2.45) is 0 Å². The van der Waals surface area contributed by atoms with Crippen LogP contribution in [-0.2, 0) is 21.2 Å². The highest BCUT2D eigenvalue weighted by atomic mass is 32.2. The maximum absolute atomic E-state index is 12.5. The second kappa shape index (κ2) is 9.78. The van der Waals surface area contributed by atoms with Gasteiger partial charge in [0.25, 0.3) is 0 Å². The highest BCUT2D eigenvalue weighted by Gasteiger charge is 2.18. The van der Waals surface area contributed by atoms with Crippen LogP contribution in [0.1, 0.15) is 23.1 Å². The molecule has 1 N–H and O–H groups in total. The molecule has 1 fully saturated rings. The number of hydrogen-bond donors (Lipinski definition) is 1. The molecule has 0 radical (unpaired) electrons. The molecule has 1 amide bonds. The van der Waals surface area contributed by atoms with E-state index in [4.69, 9.17) is 0 Å². The number of amides is 1. The van der Waals surface area contributed by atoms with Gasteiger partial charge < -0.3 is 5.32 Å². The first-order valence-corrected chi connectivity index (χ1v) is 12.6. The van der Waals surface area contributed by atoms with E-state index >= 15 is 0 Å². The zero-order valence-corrected chi connectivity index (χ0v) is 18.6. The number of benzene rings is 2. The summed E-state index contributed by atoms with van der Waals surface area (Å²) in [6, 6.07) is 12.6. The van der Waals surface area contributed by atoms with Crippen molar-refractivity contribution in [3.05, 3.63) is 59.2 Å². The minimum Gasteiger partial charge on any atom is -0.326 e. The van der Waals surface area contributed by atoms with Gasteiger partial charge in [0, 0.05) is 43.2 Å². The maximum Gasteiger partial charge on any atom is 0.225 e. The van der Waals surface area contributed by atoms with Crippen LogP contribution in [0, 0.1) is 13.8 Å². The van der Waals surface area contributed by atoms with Crippen molar-refractivity contribution in [3.8, 4) is 0 Å². The molecule has 1 heterocycles. The molecule has 2 aromatic carbocycles. The van der Waals surface area contributed by atoms with Crippen molar-refractivity contribution in [1.29, 1.82) is 0 Å². The van der Waals surface area contributed by atoms with Gasteiger partial charge in [0.1, 0.15) is 0 Å². The number of sulfone groups is 1. The molecule has 0 atom stereocenters. The SMILES string of the molecule is Cc1ccc(S(=O)(=O)CCC(=O)Nc2cccc(CN3CCSCC3)c2C)cc1. The highest BCUT2D eigenvalue weighted by molar-refractivity contribution is 7.99. The van der Waals surface area contributed by atoms with Crippen LogP contribution in [-0.4, -0.2) is 49.6 Å². The Balaban J connectivity index is 1.60. The van der Waals surface area contributed by atoms with Gasteiger partial charge in [-0.3, -0.25) is 9.69 Å². The van der Waals surface area contributed by atoms with E-state index in [0.717, 1.165) is 48.0 Å². The smallest absolute Gasteiger partial charge is 0.225 e. The average Bonchev–Trinajstić information content (AvgIpc) is 2.71. The van der Waals surface area contributed by atoms with Crippen LogP contribution in [0.2, 0.25) is 0 Å². The summed E-state index contributed by atoms with van der Waals surface area (Å²) >= 11 is 1.98. The fraction of sp³-hybridized carbons (Fsp3) is 0.409. The Kier molecular flexibility index (Phi) is 7.38. The maximum atomic E-state index is 12.5. The van der Waals surface area contributed by atoms with E-state index in [1.165, 1.54) is 5.56 Å². The fourth-order valence-corrected chi connectivity index (χ4v) is 5.51. The number of anilines is 1. The van der Waals surface area contributed by atoms with Crippen LogP contribution in [0.15, 0.2) is 47.4 Å². The monoisotopic (exact) mass is 432 g/mol. The predicted molar refractivity (Wildman–Crippen MR) is 120 cm³/mol. The summed E-state index contributed by atoms with van der Waals surface area (Å²) in [4.78, 5) is 15.1. The van der Waals surface area contributed by atoms with Gasteiger partial charge in [0.2, 0.25) is 5.91 Å². The third kappa shape index (κ3) is 6.07. The summed E-state index contributed by atoms with van der Waals surface area (Å²) in [6.45, 7) is 6.95. The van der Waals surface area contributed by atoms with Gasteiger partial charge in [0.05, 0.1) is 10.6 Å². The van der Waals surface area contributed by atoms with Crippen LogP contribution < -0.4 is 5.32 Å². The van der Waals surface area contributed by atoms with Crippen molar-refractivity contribution in [3.63, 3.8) is 0 Å². The van der Waals surface area contributed by atoms with Gasteiger partial charge in [-0.1, -0.05) is 29.8 Å². The predicted octanol–water partition coefficient (Wildman–Crippen LogP) is 3.65. The van der Waals surface area contributed by atoms with E-state index in [0.29, 0.717) is 0 Å².